The van der Waals surface area contributed by atoms with Crippen molar-refractivity contribution in [2.75, 3.05) is 13.1 Å². The van der Waals surface area contributed by atoms with Crippen LogP contribution in [0.4, 0.5) is 0 Å². The van der Waals surface area contributed by atoms with Crippen LogP contribution in [-0.2, 0) is 10.0 Å². The number of amides is 1. The highest BCUT2D eigenvalue weighted by Gasteiger charge is 2.38. The van der Waals surface area contributed by atoms with Crippen LogP contribution in [0.25, 0.3) is 0 Å². The van der Waals surface area contributed by atoms with Crippen LogP contribution in [0.5, 0.6) is 0 Å². The summed E-state index contributed by atoms with van der Waals surface area (Å²) in [5.41, 5.74) is 0.971. The molecule has 2 atom stereocenters. The van der Waals surface area contributed by atoms with Crippen LogP contribution in [0, 0.1) is 18.8 Å². The molecular weight excluding hydrogens is 296 g/mol. The van der Waals surface area contributed by atoms with Gasteiger partial charge in [0.2, 0.25) is 10.0 Å². The molecule has 110 valence electrons. The summed E-state index contributed by atoms with van der Waals surface area (Å²) in [5, 5.41) is 6.77. The Morgan fingerprint density at radius 1 is 1.35 bits per heavy atom. The number of fused-ring (bicyclic) bond motifs is 1. The second-order valence-electron chi connectivity index (χ2n) is 5.77. The van der Waals surface area contributed by atoms with Crippen LogP contribution in [0.3, 0.4) is 0 Å². The summed E-state index contributed by atoms with van der Waals surface area (Å²) >= 11 is 1.03. The second kappa shape index (κ2) is 4.82. The number of thiophene rings is 1. The molecule has 2 unspecified atom stereocenters. The topological polar surface area (TPSA) is 80.5 Å². The Morgan fingerprint density at radius 2 is 1.95 bits per heavy atom. The van der Waals surface area contributed by atoms with E-state index in [1.165, 1.54) is 19.3 Å². The lowest BCUT2D eigenvalue weighted by Crippen LogP contribution is -2.29. The van der Waals surface area contributed by atoms with Gasteiger partial charge in [-0.3, -0.25) is 4.79 Å². The van der Waals surface area contributed by atoms with Crippen molar-refractivity contribution < 1.29 is 13.2 Å². The Bertz CT molecular complexity index is 639. The number of rotatable bonds is 2. The first-order chi connectivity index (χ1) is 9.38. The zero-order chi connectivity index (χ0) is 14.5. The van der Waals surface area contributed by atoms with Crippen molar-refractivity contribution >= 4 is 27.3 Å². The van der Waals surface area contributed by atoms with Gasteiger partial charge < -0.3 is 4.90 Å². The number of hydrogen-bond donors (Lipinski definition) is 1. The molecule has 2 heterocycles. The maximum Gasteiger partial charge on any atom is 0.255 e. The molecule has 2 N–H and O–H groups in total. The number of carbonyl (C=O) groups excluding carboxylic acids is 1. The van der Waals surface area contributed by atoms with E-state index in [9.17, 15) is 13.2 Å². The highest BCUT2D eigenvalue weighted by molar-refractivity contribution is 7.91. The normalized spacial score (nSPS) is 26.0. The molecule has 20 heavy (non-hydrogen) atoms. The van der Waals surface area contributed by atoms with E-state index in [-0.39, 0.29) is 10.1 Å². The van der Waals surface area contributed by atoms with Crippen LogP contribution < -0.4 is 5.14 Å². The van der Waals surface area contributed by atoms with Gasteiger partial charge in [0.1, 0.15) is 4.21 Å². The van der Waals surface area contributed by atoms with Gasteiger partial charge in [0, 0.05) is 18.5 Å². The summed E-state index contributed by atoms with van der Waals surface area (Å²) in [7, 11) is -3.74. The molecule has 1 aromatic heterocycles. The minimum atomic E-state index is -3.74. The highest BCUT2D eigenvalue weighted by Crippen LogP contribution is 2.38. The molecule has 0 bridgehead atoms. The Kier molecular flexibility index (Phi) is 3.38. The predicted molar refractivity (Wildman–Crippen MR) is 77.2 cm³/mol. The zero-order valence-corrected chi connectivity index (χ0v) is 13.0. The van der Waals surface area contributed by atoms with Crippen LogP contribution in [0.15, 0.2) is 9.59 Å². The number of likely N-dealkylation sites (tertiary alicyclic amines) is 1. The fourth-order valence-corrected chi connectivity index (χ4v) is 5.47. The van der Waals surface area contributed by atoms with E-state index in [4.69, 9.17) is 5.14 Å². The molecule has 0 spiro atoms. The van der Waals surface area contributed by atoms with Gasteiger partial charge in [-0.2, -0.15) is 0 Å². The van der Waals surface area contributed by atoms with E-state index in [2.05, 4.69) is 0 Å². The number of hydrogen-bond acceptors (Lipinski definition) is 4. The molecule has 2 aliphatic rings. The molecule has 2 fully saturated rings. The van der Waals surface area contributed by atoms with Gasteiger partial charge in [0.05, 0.1) is 5.56 Å². The average molecular weight is 314 g/mol. The molecule has 0 radical (unpaired) electrons. The Morgan fingerprint density at radius 3 is 2.45 bits per heavy atom. The molecule has 1 saturated carbocycles. The summed E-state index contributed by atoms with van der Waals surface area (Å²) in [5.74, 6) is 1.22. The molecule has 1 saturated heterocycles. The lowest BCUT2D eigenvalue weighted by Gasteiger charge is -2.17. The van der Waals surface area contributed by atoms with Gasteiger partial charge in [-0.15, -0.1) is 11.3 Å². The van der Waals surface area contributed by atoms with Crippen LogP contribution in [0.2, 0.25) is 0 Å². The lowest BCUT2D eigenvalue weighted by atomic mass is 10.0. The average Bonchev–Trinajstić information content (AvgIpc) is 2.98. The number of carbonyl (C=O) groups is 1. The van der Waals surface area contributed by atoms with E-state index in [1.54, 1.807) is 12.3 Å². The summed E-state index contributed by atoms with van der Waals surface area (Å²) in [6.07, 6.45) is 3.68. The van der Waals surface area contributed by atoms with Gasteiger partial charge in [-0.1, -0.05) is 6.42 Å². The maximum atomic E-state index is 12.5. The Hall–Kier alpha value is -0.920. The van der Waals surface area contributed by atoms with E-state index in [0.29, 0.717) is 23.0 Å². The van der Waals surface area contributed by atoms with Gasteiger partial charge in [-0.25, -0.2) is 13.6 Å². The highest BCUT2D eigenvalue weighted by atomic mass is 32.2. The lowest BCUT2D eigenvalue weighted by molar-refractivity contribution is 0.0780. The summed E-state index contributed by atoms with van der Waals surface area (Å²) in [6, 6.07) is 0. The van der Waals surface area contributed by atoms with Crippen molar-refractivity contribution in [2.45, 2.75) is 30.4 Å². The third kappa shape index (κ3) is 2.27. The molecular formula is C13H18N2O3S2. The van der Waals surface area contributed by atoms with Gasteiger partial charge in [0.15, 0.2) is 0 Å². The number of primary sulfonamides is 1. The first-order valence-electron chi connectivity index (χ1n) is 6.78. The largest absolute Gasteiger partial charge is 0.338 e. The third-order valence-corrected chi connectivity index (χ3v) is 7.18. The van der Waals surface area contributed by atoms with Crippen LogP contribution in [0.1, 0.15) is 35.2 Å². The minimum absolute atomic E-state index is 0.0527. The first kappa shape index (κ1) is 14.0. The quantitative estimate of drug-likeness (QED) is 0.900. The SMILES string of the molecule is Cc1c(C(=O)N2CC3CCCC3C2)csc1S(N)(=O)=O. The molecule has 5 nitrogen and oxygen atoms in total. The third-order valence-electron chi connectivity index (χ3n) is 4.50. The van der Waals surface area contributed by atoms with Crippen molar-refractivity contribution in [1.29, 1.82) is 0 Å². The van der Waals surface area contributed by atoms with Crippen LogP contribution >= 0.6 is 11.3 Å². The number of sulfonamides is 1. The predicted octanol–water partition coefficient (Wildman–Crippen LogP) is 1.58. The molecule has 1 aliphatic carbocycles. The summed E-state index contributed by atoms with van der Waals surface area (Å²) in [6.45, 7) is 3.27. The first-order valence-corrected chi connectivity index (χ1v) is 9.20. The monoisotopic (exact) mass is 314 g/mol. The summed E-state index contributed by atoms with van der Waals surface area (Å²) < 4.78 is 23.0. The van der Waals surface area contributed by atoms with Gasteiger partial charge >= 0.3 is 0 Å². The van der Waals surface area contributed by atoms with E-state index >= 15 is 0 Å². The van der Waals surface area contributed by atoms with Crippen molar-refractivity contribution in [1.82, 2.24) is 4.90 Å². The molecule has 1 aromatic rings. The Labute approximate surface area is 122 Å². The van der Waals surface area contributed by atoms with Crippen molar-refractivity contribution in [3.8, 4) is 0 Å². The molecule has 0 aromatic carbocycles. The van der Waals surface area contributed by atoms with E-state index < -0.39 is 10.0 Å². The fraction of sp³-hybridized carbons (Fsp3) is 0.615. The fourth-order valence-electron chi connectivity index (χ4n) is 3.46. The van der Waals surface area contributed by atoms with Crippen molar-refractivity contribution in [3.05, 3.63) is 16.5 Å². The van der Waals surface area contributed by atoms with Gasteiger partial charge in [0.25, 0.3) is 5.91 Å². The van der Waals surface area contributed by atoms with Crippen molar-refractivity contribution in [3.63, 3.8) is 0 Å². The van der Waals surface area contributed by atoms with Crippen LogP contribution in [-0.4, -0.2) is 32.3 Å². The minimum Gasteiger partial charge on any atom is -0.338 e. The maximum absolute atomic E-state index is 12.5. The zero-order valence-electron chi connectivity index (χ0n) is 11.3. The number of nitrogens with two attached hydrogens (primary N) is 1. The number of nitrogens with zero attached hydrogens (tertiary/aromatic N) is 1. The van der Waals surface area contributed by atoms with E-state index in [1.807, 2.05) is 4.90 Å². The summed E-state index contributed by atoms with van der Waals surface area (Å²) in [4.78, 5) is 14.4. The smallest absolute Gasteiger partial charge is 0.255 e. The van der Waals surface area contributed by atoms with Crippen molar-refractivity contribution in [2.24, 2.45) is 17.0 Å². The van der Waals surface area contributed by atoms with E-state index in [0.717, 1.165) is 24.4 Å². The molecule has 1 amide bonds. The second-order valence-corrected chi connectivity index (χ2v) is 8.40. The molecule has 7 heteroatoms. The standard InChI is InChI=1S/C13H18N2O3S2/c1-8-11(7-19-13(8)20(14,17)18)12(16)15-5-9-3-2-4-10(9)6-15/h7,9-10H,2-6H2,1H3,(H2,14,17,18). The molecule has 3 rings (SSSR count). The Balaban J connectivity index is 1.84. The molecule has 1 aliphatic heterocycles. The van der Waals surface area contributed by atoms with Gasteiger partial charge in [-0.05, 0) is 37.2 Å².